The van der Waals surface area contributed by atoms with E-state index in [1.54, 1.807) is 24.3 Å². The molecule has 1 fully saturated rings. The Balaban J connectivity index is 1.42. The maximum absolute atomic E-state index is 13.7. The van der Waals surface area contributed by atoms with Gasteiger partial charge in [-0.05, 0) is 46.3 Å². The second-order valence-corrected chi connectivity index (χ2v) is 7.09. The number of morpholine rings is 1. The molecule has 0 spiro atoms. The van der Waals surface area contributed by atoms with Gasteiger partial charge in [0.05, 0.1) is 24.6 Å². The molecule has 0 atom stereocenters. The number of rotatable bonds is 5. The normalized spacial score (nSPS) is 13.9. The van der Waals surface area contributed by atoms with Gasteiger partial charge in [-0.25, -0.2) is 4.39 Å². The summed E-state index contributed by atoms with van der Waals surface area (Å²) in [6.07, 6.45) is 0. The number of nitrogens with one attached hydrogen (secondary N) is 2. The molecule has 0 aliphatic carbocycles. The Kier molecular flexibility index (Phi) is 5.72. The third-order valence-corrected chi connectivity index (χ3v) is 4.93. The van der Waals surface area contributed by atoms with Crippen LogP contribution in [0, 0.1) is 5.82 Å². The van der Waals surface area contributed by atoms with Gasteiger partial charge in [0, 0.05) is 23.2 Å². The number of ether oxygens (including phenoxy) is 1. The van der Waals surface area contributed by atoms with Crippen LogP contribution in [0.5, 0.6) is 0 Å². The standard InChI is InChI=1S/C19H17BrFN5O3/c20-13-11-12(5-6-16(13)26-7-9-28-10-8-26)22-17(27)18-24-25-19(29-18)23-15-4-2-1-3-14(15)21/h1-6,11H,7-10H2,(H,22,27)(H,23,25). The van der Waals surface area contributed by atoms with E-state index >= 15 is 0 Å². The van der Waals surface area contributed by atoms with E-state index in [4.69, 9.17) is 9.15 Å². The van der Waals surface area contributed by atoms with E-state index in [1.165, 1.54) is 12.1 Å². The Morgan fingerprint density at radius 2 is 1.93 bits per heavy atom. The minimum Gasteiger partial charge on any atom is -0.399 e. The van der Waals surface area contributed by atoms with Crippen LogP contribution in [0.3, 0.4) is 0 Å². The van der Waals surface area contributed by atoms with E-state index in [9.17, 15) is 9.18 Å². The minimum absolute atomic E-state index is 0.0795. The molecule has 0 radical (unpaired) electrons. The molecule has 1 aromatic heterocycles. The van der Waals surface area contributed by atoms with Gasteiger partial charge >= 0.3 is 17.8 Å². The number of hydrogen-bond donors (Lipinski definition) is 2. The van der Waals surface area contributed by atoms with Crippen LogP contribution in [0.2, 0.25) is 0 Å². The van der Waals surface area contributed by atoms with Gasteiger partial charge in [0.2, 0.25) is 0 Å². The van der Waals surface area contributed by atoms with Crippen LogP contribution >= 0.6 is 15.9 Å². The monoisotopic (exact) mass is 461 g/mol. The summed E-state index contributed by atoms with van der Waals surface area (Å²) < 4.78 is 25.2. The lowest BCUT2D eigenvalue weighted by molar-refractivity contribution is 0.0991. The zero-order valence-corrected chi connectivity index (χ0v) is 16.8. The molecule has 4 rings (SSSR count). The lowest BCUT2D eigenvalue weighted by Gasteiger charge is -2.29. The number of hydrogen-bond acceptors (Lipinski definition) is 7. The third kappa shape index (κ3) is 4.54. The first-order valence-corrected chi connectivity index (χ1v) is 9.68. The van der Waals surface area contributed by atoms with Crippen LogP contribution in [0.25, 0.3) is 0 Å². The Morgan fingerprint density at radius 1 is 1.14 bits per heavy atom. The first kappa shape index (κ1) is 19.3. The van der Waals surface area contributed by atoms with Gasteiger partial charge in [0.1, 0.15) is 5.82 Å². The Bertz CT molecular complexity index is 1020. The van der Waals surface area contributed by atoms with Crippen LogP contribution in [0.15, 0.2) is 51.4 Å². The van der Waals surface area contributed by atoms with Gasteiger partial charge in [-0.1, -0.05) is 17.2 Å². The van der Waals surface area contributed by atoms with E-state index < -0.39 is 11.7 Å². The summed E-state index contributed by atoms with van der Waals surface area (Å²) >= 11 is 3.55. The molecule has 1 aliphatic rings. The van der Waals surface area contributed by atoms with E-state index in [0.717, 1.165) is 23.2 Å². The lowest BCUT2D eigenvalue weighted by atomic mass is 10.2. The minimum atomic E-state index is -0.565. The van der Waals surface area contributed by atoms with Crippen LogP contribution in [0.4, 0.5) is 27.5 Å². The molecule has 150 valence electrons. The number of carbonyl (C=O) groups excluding carboxylic acids is 1. The largest absolute Gasteiger partial charge is 0.399 e. The number of para-hydroxylation sites is 1. The van der Waals surface area contributed by atoms with Gasteiger partial charge in [-0.2, -0.15) is 0 Å². The highest BCUT2D eigenvalue weighted by Gasteiger charge is 2.18. The highest BCUT2D eigenvalue weighted by molar-refractivity contribution is 9.10. The van der Waals surface area contributed by atoms with Crippen molar-refractivity contribution in [2.45, 2.75) is 0 Å². The predicted octanol–water partition coefficient (Wildman–Crippen LogP) is 3.80. The van der Waals surface area contributed by atoms with Gasteiger partial charge in [-0.15, -0.1) is 5.10 Å². The molecule has 1 aliphatic heterocycles. The number of carbonyl (C=O) groups is 1. The maximum atomic E-state index is 13.7. The quantitative estimate of drug-likeness (QED) is 0.596. The topological polar surface area (TPSA) is 92.5 Å². The van der Waals surface area contributed by atoms with E-state index in [1.807, 2.05) is 6.07 Å². The SMILES string of the molecule is O=C(Nc1ccc(N2CCOCC2)c(Br)c1)c1nnc(Nc2ccccc2F)o1. The number of aromatic nitrogens is 2. The number of nitrogens with zero attached hydrogens (tertiary/aromatic N) is 3. The van der Waals surface area contributed by atoms with Crippen LogP contribution in [-0.4, -0.2) is 42.4 Å². The number of benzene rings is 2. The fourth-order valence-corrected chi connectivity index (χ4v) is 3.50. The van der Waals surface area contributed by atoms with E-state index in [0.29, 0.717) is 18.9 Å². The molecule has 1 saturated heterocycles. The smallest absolute Gasteiger partial charge is 0.320 e. The molecule has 2 aromatic carbocycles. The summed E-state index contributed by atoms with van der Waals surface area (Å²) in [5.74, 6) is -1.27. The average Bonchev–Trinajstić information content (AvgIpc) is 3.19. The zero-order chi connectivity index (χ0) is 20.2. The van der Waals surface area contributed by atoms with Crippen molar-refractivity contribution in [2.75, 3.05) is 41.8 Å². The lowest BCUT2D eigenvalue weighted by Crippen LogP contribution is -2.36. The van der Waals surface area contributed by atoms with E-state index in [-0.39, 0.29) is 17.6 Å². The van der Waals surface area contributed by atoms with Crippen molar-refractivity contribution in [3.8, 4) is 0 Å². The molecular formula is C19H17BrFN5O3. The molecule has 8 nitrogen and oxygen atoms in total. The van der Waals surface area contributed by atoms with Crippen molar-refractivity contribution < 1.29 is 18.3 Å². The average molecular weight is 462 g/mol. The van der Waals surface area contributed by atoms with Gasteiger partial charge in [-0.3, -0.25) is 4.79 Å². The molecule has 29 heavy (non-hydrogen) atoms. The molecule has 0 unspecified atom stereocenters. The van der Waals surface area contributed by atoms with Crippen molar-refractivity contribution >= 4 is 44.9 Å². The highest BCUT2D eigenvalue weighted by Crippen LogP contribution is 2.30. The summed E-state index contributed by atoms with van der Waals surface area (Å²) in [6, 6.07) is 11.5. The molecule has 2 heterocycles. The molecule has 1 amide bonds. The van der Waals surface area contributed by atoms with Gasteiger partial charge in [0.15, 0.2) is 0 Å². The molecule has 2 N–H and O–H groups in total. The van der Waals surface area contributed by atoms with E-state index in [2.05, 4.69) is 41.7 Å². The summed E-state index contributed by atoms with van der Waals surface area (Å²) in [6.45, 7) is 2.99. The van der Waals surface area contributed by atoms with Crippen molar-refractivity contribution in [2.24, 2.45) is 0 Å². The highest BCUT2D eigenvalue weighted by atomic mass is 79.9. The van der Waals surface area contributed by atoms with Crippen LogP contribution < -0.4 is 15.5 Å². The fraction of sp³-hybridized carbons (Fsp3) is 0.211. The first-order valence-electron chi connectivity index (χ1n) is 8.89. The Labute approximate surface area is 174 Å². The maximum Gasteiger partial charge on any atom is 0.320 e. The second kappa shape index (κ2) is 8.58. The summed E-state index contributed by atoms with van der Waals surface area (Å²) in [5, 5.41) is 12.8. The predicted molar refractivity (Wildman–Crippen MR) is 109 cm³/mol. The number of halogens is 2. The van der Waals surface area contributed by atoms with Crippen molar-refractivity contribution in [3.05, 3.63) is 58.6 Å². The van der Waals surface area contributed by atoms with Gasteiger partial charge < -0.3 is 24.7 Å². The number of anilines is 4. The van der Waals surface area contributed by atoms with Crippen molar-refractivity contribution in [3.63, 3.8) is 0 Å². The molecular weight excluding hydrogens is 445 g/mol. The Morgan fingerprint density at radius 3 is 2.69 bits per heavy atom. The summed E-state index contributed by atoms with van der Waals surface area (Å²) in [7, 11) is 0. The molecule has 0 saturated carbocycles. The molecule has 3 aromatic rings. The first-order chi connectivity index (χ1) is 14.1. The zero-order valence-electron chi connectivity index (χ0n) is 15.2. The second-order valence-electron chi connectivity index (χ2n) is 6.24. The van der Waals surface area contributed by atoms with Gasteiger partial charge in [0.25, 0.3) is 0 Å². The Hall–Kier alpha value is -2.98. The third-order valence-electron chi connectivity index (χ3n) is 4.29. The van der Waals surface area contributed by atoms with Crippen molar-refractivity contribution in [1.29, 1.82) is 0 Å². The fourth-order valence-electron chi connectivity index (χ4n) is 2.87. The van der Waals surface area contributed by atoms with Crippen LogP contribution in [-0.2, 0) is 4.74 Å². The van der Waals surface area contributed by atoms with Crippen LogP contribution in [0.1, 0.15) is 10.7 Å². The molecule has 0 bridgehead atoms. The number of amides is 1. The van der Waals surface area contributed by atoms with Crippen molar-refractivity contribution in [1.82, 2.24) is 10.2 Å². The summed E-state index contributed by atoms with van der Waals surface area (Å²) in [4.78, 5) is 14.6. The molecule has 10 heteroatoms. The summed E-state index contributed by atoms with van der Waals surface area (Å²) in [5.41, 5.74) is 1.77.